The van der Waals surface area contributed by atoms with Gasteiger partial charge in [-0.1, -0.05) is 0 Å². The van der Waals surface area contributed by atoms with Crippen molar-refractivity contribution in [2.75, 3.05) is 30.4 Å². The van der Waals surface area contributed by atoms with E-state index in [1.54, 1.807) is 47.2 Å². The highest BCUT2D eigenvalue weighted by molar-refractivity contribution is 6.02. The van der Waals surface area contributed by atoms with Crippen LogP contribution < -0.4 is 15.1 Å². The first-order valence-corrected chi connectivity index (χ1v) is 8.21. The largest absolute Gasteiger partial charge is 0.363 e. The molecule has 1 aliphatic rings. The zero-order valence-corrected chi connectivity index (χ0v) is 14.6. The number of carbonyl (C=O) groups excluding carboxylic acids is 2. The molecule has 2 amide bonds. The number of aromatic nitrogens is 3. The van der Waals surface area contributed by atoms with Crippen molar-refractivity contribution in [2.45, 2.75) is 18.9 Å². The van der Waals surface area contributed by atoms with Crippen LogP contribution in [-0.4, -0.2) is 53.3 Å². The quantitative estimate of drug-likeness (QED) is 0.889. The smallest absolute Gasteiger partial charge is 0.252 e. The van der Waals surface area contributed by atoms with Crippen molar-refractivity contribution in [1.82, 2.24) is 20.1 Å². The summed E-state index contributed by atoms with van der Waals surface area (Å²) in [5.74, 6) is 1.06. The summed E-state index contributed by atoms with van der Waals surface area (Å²) in [5.41, 5.74) is 0.490. The van der Waals surface area contributed by atoms with Gasteiger partial charge in [-0.15, -0.1) is 0 Å². The maximum absolute atomic E-state index is 12.8. The lowest BCUT2D eigenvalue weighted by atomic mass is 10.0. The van der Waals surface area contributed by atoms with Crippen LogP contribution in [0.4, 0.5) is 11.6 Å². The molecule has 8 heteroatoms. The van der Waals surface area contributed by atoms with E-state index in [0.717, 1.165) is 12.2 Å². The lowest BCUT2D eigenvalue weighted by Crippen LogP contribution is -2.52. The minimum Gasteiger partial charge on any atom is -0.363 e. The average molecular weight is 342 g/mol. The van der Waals surface area contributed by atoms with E-state index >= 15 is 0 Å². The maximum Gasteiger partial charge on any atom is 0.252 e. The Kier molecular flexibility index (Phi) is 4.69. The molecule has 1 aliphatic heterocycles. The van der Waals surface area contributed by atoms with E-state index in [-0.39, 0.29) is 11.8 Å². The Morgan fingerprint density at radius 1 is 1.32 bits per heavy atom. The fraction of sp³-hybridized carbons (Fsp3) is 0.412. The minimum absolute atomic E-state index is 0.106. The number of nitrogens with zero attached hydrogens (tertiary/aromatic N) is 5. The summed E-state index contributed by atoms with van der Waals surface area (Å²) in [7, 11) is 5.52. The molecule has 0 aromatic carbocycles. The number of aryl methyl sites for hydroxylation is 1. The van der Waals surface area contributed by atoms with E-state index in [1.165, 1.54) is 0 Å². The second-order valence-corrected chi connectivity index (χ2v) is 6.27. The van der Waals surface area contributed by atoms with Gasteiger partial charge in [0.2, 0.25) is 0 Å². The number of anilines is 2. The van der Waals surface area contributed by atoms with Gasteiger partial charge in [-0.3, -0.25) is 19.2 Å². The summed E-state index contributed by atoms with van der Waals surface area (Å²) in [6, 6.07) is 4.62. The summed E-state index contributed by atoms with van der Waals surface area (Å²) >= 11 is 0. The molecule has 1 unspecified atom stereocenters. The second kappa shape index (κ2) is 6.92. The highest BCUT2D eigenvalue weighted by Crippen LogP contribution is 2.20. The van der Waals surface area contributed by atoms with Gasteiger partial charge in [0, 0.05) is 45.5 Å². The molecule has 1 saturated heterocycles. The average Bonchev–Trinajstić information content (AvgIpc) is 3.02. The topological polar surface area (TPSA) is 83.4 Å². The molecule has 0 spiro atoms. The van der Waals surface area contributed by atoms with Crippen molar-refractivity contribution in [3.05, 3.63) is 36.2 Å². The van der Waals surface area contributed by atoms with E-state index in [9.17, 15) is 9.59 Å². The molecule has 3 heterocycles. The van der Waals surface area contributed by atoms with Crippen LogP contribution in [0.15, 0.2) is 30.6 Å². The third-order valence-electron chi connectivity index (χ3n) is 4.28. The van der Waals surface area contributed by atoms with Gasteiger partial charge in [0.1, 0.15) is 17.7 Å². The second-order valence-electron chi connectivity index (χ2n) is 6.27. The Balaban J connectivity index is 1.74. The molecule has 2 aromatic rings. The Morgan fingerprint density at radius 3 is 2.80 bits per heavy atom. The van der Waals surface area contributed by atoms with Crippen molar-refractivity contribution >= 4 is 23.5 Å². The first-order chi connectivity index (χ1) is 12.0. The summed E-state index contributed by atoms with van der Waals surface area (Å²) in [5, 5.41) is 6.97. The number of rotatable bonds is 4. The Hall–Kier alpha value is -2.90. The normalized spacial score (nSPS) is 17.5. The number of hydrogen-bond donors (Lipinski definition) is 1. The number of piperidine rings is 1. The van der Waals surface area contributed by atoms with E-state index in [4.69, 9.17) is 0 Å². The molecule has 0 saturated carbocycles. The summed E-state index contributed by atoms with van der Waals surface area (Å²) in [4.78, 5) is 33.0. The predicted molar refractivity (Wildman–Crippen MR) is 94.6 cm³/mol. The van der Waals surface area contributed by atoms with Gasteiger partial charge < -0.3 is 10.2 Å². The molecule has 1 atom stereocenters. The van der Waals surface area contributed by atoms with Crippen molar-refractivity contribution < 1.29 is 9.59 Å². The van der Waals surface area contributed by atoms with Crippen LogP contribution in [0.1, 0.15) is 23.2 Å². The lowest BCUT2D eigenvalue weighted by molar-refractivity contribution is -0.121. The zero-order valence-electron chi connectivity index (χ0n) is 14.6. The summed E-state index contributed by atoms with van der Waals surface area (Å²) < 4.78 is 1.66. The molecule has 1 N–H and O–H groups in total. The van der Waals surface area contributed by atoms with Gasteiger partial charge in [-0.25, -0.2) is 4.98 Å². The SMILES string of the molecule is CN(C)c1cc(C(=O)NC2CCCN(c3ccnn3C)C2=O)ccn1. The van der Waals surface area contributed by atoms with E-state index in [0.29, 0.717) is 24.3 Å². The minimum atomic E-state index is -0.535. The van der Waals surface area contributed by atoms with Crippen molar-refractivity contribution in [1.29, 1.82) is 0 Å². The first-order valence-electron chi connectivity index (χ1n) is 8.21. The standard InChI is InChI=1S/C17H22N6O2/c1-21(2)14-11-12(6-8-18-14)16(24)20-13-5-4-10-23(17(13)25)15-7-9-19-22(15)3/h6-9,11,13H,4-5,10H2,1-3H3,(H,20,24). The number of carbonyl (C=O) groups is 2. The molecule has 2 aromatic heterocycles. The van der Waals surface area contributed by atoms with E-state index in [1.807, 2.05) is 19.0 Å². The third-order valence-corrected chi connectivity index (χ3v) is 4.28. The van der Waals surface area contributed by atoms with Gasteiger partial charge in [0.25, 0.3) is 11.8 Å². The predicted octanol–water partition coefficient (Wildman–Crippen LogP) is 0.806. The van der Waals surface area contributed by atoms with E-state index < -0.39 is 6.04 Å². The third kappa shape index (κ3) is 3.47. The Labute approximate surface area is 146 Å². The fourth-order valence-corrected chi connectivity index (χ4v) is 2.91. The molecule has 0 radical (unpaired) electrons. The van der Waals surface area contributed by atoms with Crippen LogP contribution in [0, 0.1) is 0 Å². The van der Waals surface area contributed by atoms with E-state index in [2.05, 4.69) is 15.4 Å². The molecular formula is C17H22N6O2. The molecule has 25 heavy (non-hydrogen) atoms. The number of pyridine rings is 1. The molecule has 1 fully saturated rings. The Morgan fingerprint density at radius 2 is 2.12 bits per heavy atom. The lowest BCUT2D eigenvalue weighted by Gasteiger charge is -2.32. The van der Waals surface area contributed by atoms with Gasteiger partial charge >= 0.3 is 0 Å². The maximum atomic E-state index is 12.8. The molecule has 3 rings (SSSR count). The highest BCUT2D eigenvalue weighted by Gasteiger charge is 2.32. The first kappa shape index (κ1) is 16.9. The van der Waals surface area contributed by atoms with Crippen LogP contribution >= 0.6 is 0 Å². The van der Waals surface area contributed by atoms with Crippen LogP contribution in [0.3, 0.4) is 0 Å². The van der Waals surface area contributed by atoms with Crippen LogP contribution in [-0.2, 0) is 11.8 Å². The molecule has 8 nitrogen and oxygen atoms in total. The molecule has 0 aliphatic carbocycles. The number of nitrogens with one attached hydrogen (secondary N) is 1. The summed E-state index contributed by atoms with van der Waals surface area (Å²) in [6.45, 7) is 0.630. The van der Waals surface area contributed by atoms with Crippen LogP contribution in [0.5, 0.6) is 0 Å². The summed E-state index contributed by atoms with van der Waals surface area (Å²) in [6.07, 6.45) is 4.70. The van der Waals surface area contributed by atoms with Gasteiger partial charge in [0.05, 0.1) is 6.20 Å². The monoisotopic (exact) mass is 342 g/mol. The van der Waals surface area contributed by atoms with Gasteiger partial charge in [-0.05, 0) is 25.0 Å². The highest BCUT2D eigenvalue weighted by atomic mass is 16.2. The Bertz CT molecular complexity index is 785. The molecular weight excluding hydrogens is 320 g/mol. The van der Waals surface area contributed by atoms with Crippen LogP contribution in [0.25, 0.3) is 0 Å². The fourth-order valence-electron chi connectivity index (χ4n) is 2.91. The van der Waals surface area contributed by atoms with Crippen molar-refractivity contribution in [3.63, 3.8) is 0 Å². The van der Waals surface area contributed by atoms with Crippen LogP contribution in [0.2, 0.25) is 0 Å². The van der Waals surface area contributed by atoms with Gasteiger partial charge in [0.15, 0.2) is 0 Å². The zero-order chi connectivity index (χ0) is 18.0. The van der Waals surface area contributed by atoms with Gasteiger partial charge in [-0.2, -0.15) is 5.10 Å². The molecule has 0 bridgehead atoms. The molecule has 132 valence electrons. The number of hydrogen-bond acceptors (Lipinski definition) is 5. The van der Waals surface area contributed by atoms with Crippen molar-refractivity contribution in [3.8, 4) is 0 Å². The number of amides is 2. The van der Waals surface area contributed by atoms with Crippen molar-refractivity contribution in [2.24, 2.45) is 7.05 Å².